The highest BCUT2D eigenvalue weighted by atomic mass is 15.3. The highest BCUT2D eigenvalue weighted by Crippen LogP contribution is 2.24. The number of hydrogen-bond donors (Lipinski definition) is 6. The summed E-state index contributed by atoms with van der Waals surface area (Å²) in [5.74, 6) is 0. The predicted octanol–water partition coefficient (Wildman–Crippen LogP) is 8.89. The van der Waals surface area contributed by atoms with Crippen LogP contribution in [0, 0.1) is 13.8 Å². The van der Waals surface area contributed by atoms with Crippen molar-refractivity contribution in [2.45, 2.75) is 35.1 Å². The van der Waals surface area contributed by atoms with Crippen LogP contribution in [0.3, 0.4) is 0 Å². The second-order valence-corrected chi connectivity index (χ2v) is 14.4. The Bertz CT molecular complexity index is 1960. The third kappa shape index (κ3) is 13.2. The molecule has 0 aromatic heterocycles. The van der Waals surface area contributed by atoms with Crippen LogP contribution in [0.15, 0.2) is 133 Å². The average molecular weight is 783 g/mol. The van der Waals surface area contributed by atoms with E-state index in [1.807, 2.05) is 97.1 Å². The Labute approximate surface area is 347 Å². The predicted molar refractivity (Wildman–Crippen MR) is 257 cm³/mol. The summed E-state index contributed by atoms with van der Waals surface area (Å²) in [5.41, 5.74) is 49.0. The van der Waals surface area contributed by atoms with Crippen LogP contribution in [-0.4, -0.2) is 46.9 Å². The molecule has 0 atom stereocenters. The number of nitrogens with zero attached hydrogens (tertiary/aromatic N) is 4. The van der Waals surface area contributed by atoms with Gasteiger partial charge in [0.15, 0.2) is 0 Å². The van der Waals surface area contributed by atoms with Gasteiger partial charge in [0.05, 0.1) is 6.67 Å². The maximum atomic E-state index is 5.75. The van der Waals surface area contributed by atoms with E-state index in [0.29, 0.717) is 0 Å². The highest BCUT2D eigenvalue weighted by Gasteiger charge is 2.17. The van der Waals surface area contributed by atoms with Crippen molar-refractivity contribution < 1.29 is 0 Å². The lowest BCUT2D eigenvalue weighted by atomic mass is 9.97. The maximum absolute atomic E-state index is 5.75. The molecule has 1 aliphatic rings. The summed E-state index contributed by atoms with van der Waals surface area (Å²) in [6.45, 7) is 9.07. The molecule has 0 bridgehead atoms. The molecule has 0 amide bonds. The normalized spacial score (nSPS) is 11.7. The molecule has 0 unspecified atom stereocenters. The average Bonchev–Trinajstić information content (AvgIpc) is 3.18. The Hall–Kier alpha value is -6.68. The van der Waals surface area contributed by atoms with E-state index in [4.69, 9.17) is 34.4 Å². The van der Waals surface area contributed by atoms with Crippen molar-refractivity contribution in [2.75, 3.05) is 101 Å². The number of aryl methyl sites for hydroxylation is 2. The second kappa shape index (κ2) is 21.6. The highest BCUT2D eigenvalue weighted by molar-refractivity contribution is 5.58. The summed E-state index contributed by atoms with van der Waals surface area (Å²) < 4.78 is 0. The lowest BCUT2D eigenvalue weighted by Gasteiger charge is -2.37. The van der Waals surface area contributed by atoms with Crippen molar-refractivity contribution in [2.24, 2.45) is 0 Å². The standard InChI is InChI=1S/C16H20N4.C15H20N4.C15H18N2.2CH4/c17-13-1-5-15(6-2-13)19-9-11-20(12-10-19)16-7-3-14(18)4-8-16;1-18(14-7-3-12(16)4-8-14)11-19(2)15-9-5-13(17)6-10-15;1-10-7-14(16)5-3-12(10)9-13-4-6-15(17)8-11(13)2;;/h1-8H,9-12,17-18H2;3-10H,11,16-17H2,1-2H3;3-8H,9,16-17H2,1-2H3;2*1H4. The van der Waals surface area contributed by atoms with E-state index in [2.05, 4.69) is 83.9 Å². The Balaban J connectivity index is 0.000000230. The molecule has 0 radical (unpaired) electrons. The molecule has 7 rings (SSSR count). The van der Waals surface area contributed by atoms with Crippen LogP contribution in [0.5, 0.6) is 0 Å². The summed E-state index contributed by atoms with van der Waals surface area (Å²) in [7, 11) is 4.11. The number of hydrogen-bond acceptors (Lipinski definition) is 10. The third-order valence-electron chi connectivity index (χ3n) is 10.0. The lowest BCUT2D eigenvalue weighted by molar-refractivity contribution is 0.653. The summed E-state index contributed by atoms with van der Waals surface area (Å²) in [6.07, 6.45) is 0.929. The number of rotatable bonds is 8. The molecule has 12 N–H and O–H groups in total. The van der Waals surface area contributed by atoms with E-state index in [1.165, 1.54) is 33.6 Å². The minimum Gasteiger partial charge on any atom is -0.399 e. The molecule has 0 aliphatic carbocycles. The SMILES string of the molecule is C.C.CN(CN(C)c1ccc(N)cc1)c1ccc(N)cc1.Cc1cc(N)ccc1Cc1ccc(N)cc1C.Nc1ccc(N2CCN(c3ccc(N)cc3)CC2)cc1. The van der Waals surface area contributed by atoms with Crippen LogP contribution >= 0.6 is 0 Å². The van der Waals surface area contributed by atoms with Crippen LogP contribution in [0.4, 0.5) is 56.9 Å². The Kier molecular flexibility index (Phi) is 17.0. The molecule has 1 saturated heterocycles. The van der Waals surface area contributed by atoms with E-state index in [1.54, 1.807) is 0 Å². The Morgan fingerprint density at radius 1 is 0.414 bits per heavy atom. The minimum absolute atomic E-state index is 0. The molecule has 1 heterocycles. The largest absolute Gasteiger partial charge is 0.399 e. The van der Waals surface area contributed by atoms with Crippen LogP contribution in [0.25, 0.3) is 0 Å². The number of nitrogens with two attached hydrogens (primary N) is 6. The number of anilines is 10. The summed E-state index contributed by atoms with van der Waals surface area (Å²) in [6, 6.07) is 44.1. The van der Waals surface area contributed by atoms with Gasteiger partial charge in [-0.1, -0.05) is 27.0 Å². The number of nitrogen functional groups attached to an aromatic ring is 6. The number of benzene rings is 6. The molecule has 0 saturated carbocycles. The van der Waals surface area contributed by atoms with Crippen LogP contribution in [0.2, 0.25) is 0 Å². The van der Waals surface area contributed by atoms with Crippen LogP contribution in [-0.2, 0) is 6.42 Å². The fourth-order valence-electron chi connectivity index (χ4n) is 6.57. The van der Waals surface area contributed by atoms with Gasteiger partial charge in [-0.25, -0.2) is 0 Å². The van der Waals surface area contributed by atoms with Crippen LogP contribution < -0.4 is 54.0 Å². The summed E-state index contributed by atoms with van der Waals surface area (Å²) in [5, 5.41) is 0. The zero-order valence-corrected chi connectivity index (χ0v) is 33.2. The fraction of sp³-hybridized carbons (Fsp3) is 0.250. The van der Waals surface area contributed by atoms with Gasteiger partial charge in [-0.05, 0) is 164 Å². The Morgan fingerprint density at radius 3 is 0.983 bits per heavy atom. The fourth-order valence-corrected chi connectivity index (χ4v) is 6.57. The van der Waals surface area contributed by atoms with E-state index in [9.17, 15) is 0 Å². The first-order valence-electron chi connectivity index (χ1n) is 18.9. The van der Waals surface area contributed by atoms with Gasteiger partial charge in [0, 0.05) is 97.1 Å². The van der Waals surface area contributed by atoms with Gasteiger partial charge < -0.3 is 54.0 Å². The van der Waals surface area contributed by atoms with Crippen molar-refractivity contribution in [3.05, 3.63) is 156 Å². The first-order valence-corrected chi connectivity index (χ1v) is 18.9. The molecule has 58 heavy (non-hydrogen) atoms. The zero-order valence-electron chi connectivity index (χ0n) is 33.2. The van der Waals surface area contributed by atoms with E-state index >= 15 is 0 Å². The molecule has 6 aromatic carbocycles. The zero-order chi connectivity index (χ0) is 40.2. The third-order valence-corrected chi connectivity index (χ3v) is 10.0. The van der Waals surface area contributed by atoms with Gasteiger partial charge in [0.2, 0.25) is 0 Å². The Morgan fingerprint density at radius 2 is 0.690 bits per heavy atom. The van der Waals surface area contributed by atoms with Gasteiger partial charge in [-0.3, -0.25) is 0 Å². The van der Waals surface area contributed by atoms with Gasteiger partial charge in [-0.15, -0.1) is 0 Å². The van der Waals surface area contributed by atoms with Gasteiger partial charge in [0.1, 0.15) is 0 Å². The van der Waals surface area contributed by atoms with E-state index in [-0.39, 0.29) is 14.9 Å². The monoisotopic (exact) mass is 783 g/mol. The minimum atomic E-state index is 0. The summed E-state index contributed by atoms with van der Waals surface area (Å²) in [4.78, 5) is 9.12. The van der Waals surface area contributed by atoms with Crippen molar-refractivity contribution >= 4 is 56.9 Å². The second-order valence-electron chi connectivity index (χ2n) is 14.4. The van der Waals surface area contributed by atoms with Gasteiger partial charge in [-0.2, -0.15) is 0 Å². The first kappa shape index (κ1) is 45.7. The van der Waals surface area contributed by atoms with E-state index in [0.717, 1.165) is 84.8 Å². The summed E-state index contributed by atoms with van der Waals surface area (Å²) >= 11 is 0. The quantitative estimate of drug-likeness (QED) is 0.0648. The number of piperazine rings is 1. The molecule has 1 aliphatic heterocycles. The molecule has 6 aromatic rings. The van der Waals surface area contributed by atoms with Crippen LogP contribution in [0.1, 0.15) is 37.1 Å². The lowest BCUT2D eigenvalue weighted by Crippen LogP contribution is -2.46. The maximum Gasteiger partial charge on any atom is 0.0896 e. The smallest absolute Gasteiger partial charge is 0.0896 e. The van der Waals surface area contributed by atoms with E-state index < -0.39 is 0 Å². The van der Waals surface area contributed by atoms with Gasteiger partial charge >= 0.3 is 0 Å². The molecule has 0 spiro atoms. The molecular formula is C48H66N10. The van der Waals surface area contributed by atoms with Crippen molar-refractivity contribution in [3.63, 3.8) is 0 Å². The molecule has 10 nitrogen and oxygen atoms in total. The molecule has 1 fully saturated rings. The van der Waals surface area contributed by atoms with Gasteiger partial charge in [0.25, 0.3) is 0 Å². The topological polar surface area (TPSA) is 169 Å². The van der Waals surface area contributed by atoms with Crippen molar-refractivity contribution in [3.8, 4) is 0 Å². The van der Waals surface area contributed by atoms with Crippen molar-refractivity contribution in [1.82, 2.24) is 0 Å². The first-order chi connectivity index (χ1) is 26.8. The van der Waals surface area contributed by atoms with Crippen molar-refractivity contribution in [1.29, 1.82) is 0 Å². The molecule has 308 valence electrons. The molecular weight excluding hydrogens is 717 g/mol. The molecule has 10 heteroatoms.